The number of allylic oxidation sites excluding steroid dienone is 6. The Labute approximate surface area is 76.8 Å². The normalized spacial score (nSPS) is 34.1. The van der Waals surface area contributed by atoms with Crippen molar-refractivity contribution in [2.24, 2.45) is 0 Å². The van der Waals surface area contributed by atoms with Crippen LogP contribution in [0.5, 0.6) is 0 Å². The molecule has 11 heavy (non-hydrogen) atoms. The van der Waals surface area contributed by atoms with Gasteiger partial charge in [0.1, 0.15) is 0 Å². The van der Waals surface area contributed by atoms with Gasteiger partial charge in [0.15, 0.2) is 0 Å². The van der Waals surface area contributed by atoms with Gasteiger partial charge in [-0.1, -0.05) is 52.4 Å². The van der Waals surface area contributed by atoms with E-state index >= 15 is 0 Å². The van der Waals surface area contributed by atoms with Crippen LogP contribution in [-0.4, -0.2) is 4.83 Å². The van der Waals surface area contributed by atoms with E-state index in [0.29, 0.717) is 4.83 Å². The van der Waals surface area contributed by atoms with Crippen LogP contribution in [0.25, 0.3) is 0 Å². The molecule has 1 aliphatic carbocycles. The van der Waals surface area contributed by atoms with Gasteiger partial charge >= 0.3 is 0 Å². The molecule has 1 aliphatic rings. The molecule has 0 aromatic rings. The van der Waals surface area contributed by atoms with Crippen molar-refractivity contribution in [3.8, 4) is 0 Å². The predicted octanol–water partition coefficient (Wildman–Crippen LogP) is 3.60. The van der Waals surface area contributed by atoms with Crippen molar-refractivity contribution < 1.29 is 0 Å². The minimum Gasteiger partial charge on any atom is -0.0887 e. The lowest BCUT2D eigenvalue weighted by Gasteiger charge is -2.03. The summed E-state index contributed by atoms with van der Waals surface area (Å²) < 4.78 is 0. The second-order valence-corrected chi connectivity index (χ2v) is 3.95. The van der Waals surface area contributed by atoms with Crippen molar-refractivity contribution in [3.63, 3.8) is 0 Å². The lowest BCUT2D eigenvalue weighted by Crippen LogP contribution is -1.94. The summed E-state index contributed by atoms with van der Waals surface area (Å²) in [5.41, 5.74) is 0. The summed E-state index contributed by atoms with van der Waals surface area (Å²) in [5, 5.41) is 0. The summed E-state index contributed by atoms with van der Waals surface area (Å²) in [6.07, 6.45) is 16.3. The van der Waals surface area contributed by atoms with Gasteiger partial charge in [-0.2, -0.15) is 0 Å². The highest BCUT2D eigenvalue weighted by atomic mass is 79.9. The zero-order chi connectivity index (χ0) is 7.94. The van der Waals surface area contributed by atoms with Crippen LogP contribution in [0, 0.1) is 0 Å². The van der Waals surface area contributed by atoms with Crippen molar-refractivity contribution in [3.05, 3.63) is 36.5 Å². The van der Waals surface area contributed by atoms with Gasteiger partial charge in [-0.15, -0.1) is 0 Å². The molecule has 1 atom stereocenters. The summed E-state index contributed by atoms with van der Waals surface area (Å²) in [6, 6.07) is 0. The van der Waals surface area contributed by atoms with Crippen LogP contribution in [0.3, 0.4) is 0 Å². The molecular formula is C10H13Br. The summed E-state index contributed by atoms with van der Waals surface area (Å²) in [4.78, 5) is 0.648. The third kappa shape index (κ3) is 4.20. The van der Waals surface area contributed by atoms with Gasteiger partial charge in [0, 0.05) is 4.83 Å². The van der Waals surface area contributed by atoms with Gasteiger partial charge in [-0.25, -0.2) is 0 Å². The van der Waals surface area contributed by atoms with E-state index in [2.05, 4.69) is 52.4 Å². The van der Waals surface area contributed by atoms with Crippen LogP contribution < -0.4 is 0 Å². The lowest BCUT2D eigenvalue weighted by molar-refractivity contribution is 0.792. The molecule has 0 heterocycles. The van der Waals surface area contributed by atoms with Crippen molar-refractivity contribution >= 4 is 15.9 Å². The Balaban J connectivity index is 2.48. The van der Waals surface area contributed by atoms with E-state index in [0.717, 1.165) is 6.42 Å². The number of halogens is 1. The zero-order valence-electron chi connectivity index (χ0n) is 6.54. The van der Waals surface area contributed by atoms with E-state index < -0.39 is 0 Å². The van der Waals surface area contributed by atoms with Gasteiger partial charge in [0.25, 0.3) is 0 Å². The molecule has 0 bridgehead atoms. The number of hydrogen-bond acceptors (Lipinski definition) is 0. The molecule has 0 amide bonds. The highest BCUT2D eigenvalue weighted by molar-refractivity contribution is 9.09. The Morgan fingerprint density at radius 3 is 2.55 bits per heavy atom. The predicted molar refractivity (Wildman–Crippen MR) is 54.0 cm³/mol. The third-order valence-corrected chi connectivity index (χ3v) is 2.48. The first-order valence-corrected chi connectivity index (χ1v) is 4.93. The Morgan fingerprint density at radius 2 is 1.73 bits per heavy atom. The molecule has 0 nitrogen and oxygen atoms in total. The maximum atomic E-state index is 3.62. The molecule has 1 heteroatoms. The molecule has 1 rings (SSSR count). The van der Waals surface area contributed by atoms with E-state index in [1.54, 1.807) is 0 Å². The maximum Gasteiger partial charge on any atom is 0.0183 e. The fraction of sp³-hybridized carbons (Fsp3) is 0.400. The highest BCUT2D eigenvalue weighted by Crippen LogP contribution is 2.13. The fourth-order valence-electron chi connectivity index (χ4n) is 1.00. The molecule has 0 saturated carbocycles. The van der Waals surface area contributed by atoms with E-state index in [-0.39, 0.29) is 0 Å². The second-order valence-electron chi connectivity index (χ2n) is 2.65. The summed E-state index contributed by atoms with van der Waals surface area (Å²) in [5.74, 6) is 0. The minimum atomic E-state index is 0.648. The molecule has 0 fully saturated rings. The molecule has 1 unspecified atom stereocenters. The molecule has 0 saturated heterocycles. The number of rotatable bonds is 0. The standard InChI is InChI=1S/C10H13Br/c11-10-8-6-4-2-1-3-5-7-9-10/h1-6,10H,7-9H2/b2-1-,5-3+,6-4-. The largest absolute Gasteiger partial charge is 0.0887 e. The Morgan fingerprint density at radius 1 is 1.00 bits per heavy atom. The molecule has 0 aromatic carbocycles. The second kappa shape index (κ2) is 5.36. The van der Waals surface area contributed by atoms with E-state index in [9.17, 15) is 0 Å². The first-order chi connectivity index (χ1) is 5.39. The molecule has 0 aliphatic heterocycles. The van der Waals surface area contributed by atoms with Crippen molar-refractivity contribution in [2.45, 2.75) is 24.1 Å². The topological polar surface area (TPSA) is 0 Å². The SMILES string of the molecule is BrC1C\C=C/C=C\C=C\CC1. The molecular weight excluding hydrogens is 200 g/mol. The maximum absolute atomic E-state index is 3.62. The van der Waals surface area contributed by atoms with E-state index in [1.807, 2.05) is 0 Å². The number of hydrogen-bond donors (Lipinski definition) is 0. The van der Waals surface area contributed by atoms with Crippen LogP contribution in [-0.2, 0) is 0 Å². The van der Waals surface area contributed by atoms with E-state index in [1.165, 1.54) is 12.8 Å². The first-order valence-electron chi connectivity index (χ1n) is 4.02. The van der Waals surface area contributed by atoms with Crippen molar-refractivity contribution in [1.82, 2.24) is 0 Å². The van der Waals surface area contributed by atoms with Crippen LogP contribution >= 0.6 is 15.9 Å². The Bertz CT molecular complexity index is 177. The first kappa shape index (κ1) is 8.79. The molecule has 0 spiro atoms. The Kier molecular flexibility index (Phi) is 4.29. The summed E-state index contributed by atoms with van der Waals surface area (Å²) in [6.45, 7) is 0. The average molecular weight is 213 g/mol. The molecule has 60 valence electrons. The molecule has 0 N–H and O–H groups in total. The van der Waals surface area contributed by atoms with Crippen LogP contribution in [0.1, 0.15) is 19.3 Å². The molecule has 0 radical (unpaired) electrons. The van der Waals surface area contributed by atoms with Gasteiger partial charge in [-0.3, -0.25) is 0 Å². The average Bonchev–Trinajstić information content (AvgIpc) is 2.03. The van der Waals surface area contributed by atoms with Crippen molar-refractivity contribution in [1.29, 1.82) is 0 Å². The van der Waals surface area contributed by atoms with Gasteiger partial charge in [-0.05, 0) is 19.3 Å². The molecule has 0 aromatic heterocycles. The third-order valence-electron chi connectivity index (χ3n) is 1.64. The van der Waals surface area contributed by atoms with Crippen LogP contribution in [0.4, 0.5) is 0 Å². The monoisotopic (exact) mass is 212 g/mol. The Hall–Kier alpha value is -0.300. The highest BCUT2D eigenvalue weighted by Gasteiger charge is 1.98. The van der Waals surface area contributed by atoms with Crippen LogP contribution in [0.2, 0.25) is 0 Å². The smallest absolute Gasteiger partial charge is 0.0183 e. The van der Waals surface area contributed by atoms with Crippen LogP contribution in [0.15, 0.2) is 36.5 Å². The van der Waals surface area contributed by atoms with Gasteiger partial charge in [0.05, 0.1) is 0 Å². The quantitative estimate of drug-likeness (QED) is 0.539. The summed E-state index contributed by atoms with van der Waals surface area (Å²) >= 11 is 3.62. The minimum absolute atomic E-state index is 0.648. The van der Waals surface area contributed by atoms with Gasteiger partial charge < -0.3 is 0 Å². The van der Waals surface area contributed by atoms with E-state index in [4.69, 9.17) is 0 Å². The number of alkyl halides is 1. The fourth-order valence-corrected chi connectivity index (χ4v) is 1.48. The van der Waals surface area contributed by atoms with Gasteiger partial charge in [0.2, 0.25) is 0 Å². The summed E-state index contributed by atoms with van der Waals surface area (Å²) in [7, 11) is 0. The lowest BCUT2D eigenvalue weighted by atomic mass is 10.1. The zero-order valence-corrected chi connectivity index (χ0v) is 8.13. The van der Waals surface area contributed by atoms with Crippen molar-refractivity contribution in [2.75, 3.05) is 0 Å².